The van der Waals surface area contributed by atoms with Crippen LogP contribution < -0.4 is 25.2 Å². The Balaban J connectivity index is 1.27. The molecule has 0 saturated carbocycles. The lowest BCUT2D eigenvalue weighted by Gasteiger charge is -2.47. The van der Waals surface area contributed by atoms with Gasteiger partial charge < -0.3 is 9.64 Å². The zero-order valence-corrected chi connectivity index (χ0v) is 29.5. The molecular formula is C49H34NOSi. The van der Waals surface area contributed by atoms with E-state index in [2.05, 4.69) is 211 Å². The number of anilines is 3. The van der Waals surface area contributed by atoms with Crippen molar-refractivity contribution in [3.63, 3.8) is 0 Å². The maximum Gasteiger partial charge on any atom is 0.155 e. The van der Waals surface area contributed by atoms with Crippen LogP contribution in [0.15, 0.2) is 206 Å². The van der Waals surface area contributed by atoms with E-state index in [-0.39, 0.29) is 0 Å². The van der Waals surface area contributed by atoms with E-state index >= 15 is 0 Å². The minimum absolute atomic E-state index is 0.587. The normalized spacial score (nSPS) is 13.6. The largest absolute Gasteiger partial charge is 0.457 e. The maximum atomic E-state index is 6.71. The molecule has 2 heterocycles. The van der Waals surface area contributed by atoms with Gasteiger partial charge in [-0.1, -0.05) is 163 Å². The molecule has 52 heavy (non-hydrogen) atoms. The zero-order chi connectivity index (χ0) is 34.5. The summed E-state index contributed by atoms with van der Waals surface area (Å²) in [4.78, 5) is 2.40. The van der Waals surface area contributed by atoms with Gasteiger partial charge in [0, 0.05) is 28.2 Å². The average Bonchev–Trinajstić information content (AvgIpc) is 3.22. The molecule has 2 nitrogen and oxygen atoms in total. The highest BCUT2D eigenvalue weighted by Crippen LogP contribution is 2.56. The van der Waals surface area contributed by atoms with Gasteiger partial charge in [-0.15, -0.1) is 0 Å². The first-order chi connectivity index (χ1) is 25.8. The Kier molecular flexibility index (Phi) is 7.26. The highest BCUT2D eigenvalue weighted by Gasteiger charge is 2.51. The number of ether oxygens (including phenoxy) is 1. The third kappa shape index (κ3) is 4.70. The standard InChI is InChI=1S/C49H34NOSi/c1-4-16-35(17-5-1)36-28-30-38(31-29-36)50(37-18-6-2-7-19-37)39-32-33-48-44(34-39)49(41-22-10-13-25-45(41)51-46-26-14-11-23-42(46)49)43-24-12-15-27-47(43)52(48)40-20-8-3-9-21-40/h1-34H. The van der Waals surface area contributed by atoms with E-state index in [9.17, 15) is 0 Å². The van der Waals surface area contributed by atoms with E-state index in [1.807, 2.05) is 0 Å². The molecule has 1 radical (unpaired) electrons. The van der Waals surface area contributed by atoms with Gasteiger partial charge in [-0.2, -0.15) is 0 Å². The molecule has 2 aliphatic heterocycles. The van der Waals surface area contributed by atoms with Crippen LogP contribution in [-0.2, 0) is 5.41 Å². The Bertz CT molecular complexity index is 2500. The van der Waals surface area contributed by atoms with Crippen LogP contribution in [0.25, 0.3) is 11.1 Å². The molecule has 0 atom stereocenters. The number of rotatable bonds is 5. The SMILES string of the molecule is c1ccc(-c2ccc(N(c3ccccc3)c3ccc4c(c3)C3(c5ccccc5Oc5ccccc53)c3ccccc3[Si]4c3ccccc3)cc2)cc1. The van der Waals surface area contributed by atoms with Crippen molar-refractivity contribution in [3.8, 4) is 22.6 Å². The maximum absolute atomic E-state index is 6.71. The van der Waals surface area contributed by atoms with Crippen LogP contribution in [0, 0.1) is 0 Å². The fraction of sp³-hybridized carbons (Fsp3) is 0.0204. The van der Waals surface area contributed by atoms with Crippen LogP contribution >= 0.6 is 0 Å². The van der Waals surface area contributed by atoms with Gasteiger partial charge in [0.05, 0.1) is 5.41 Å². The van der Waals surface area contributed by atoms with Crippen molar-refractivity contribution in [1.82, 2.24) is 0 Å². The molecule has 10 rings (SSSR count). The molecule has 245 valence electrons. The summed E-state index contributed by atoms with van der Waals surface area (Å²) in [5.74, 6) is 1.80. The summed E-state index contributed by atoms with van der Waals surface area (Å²) in [6.07, 6.45) is 0. The zero-order valence-electron chi connectivity index (χ0n) is 28.5. The molecule has 2 aliphatic rings. The first-order valence-electron chi connectivity index (χ1n) is 17.9. The first-order valence-corrected chi connectivity index (χ1v) is 19.4. The lowest BCUT2D eigenvalue weighted by molar-refractivity contribution is 0.435. The van der Waals surface area contributed by atoms with Gasteiger partial charge in [0.25, 0.3) is 0 Å². The molecule has 0 fully saturated rings. The highest BCUT2D eigenvalue weighted by atomic mass is 28.3. The molecule has 0 unspecified atom stereocenters. The van der Waals surface area contributed by atoms with Crippen molar-refractivity contribution in [1.29, 1.82) is 0 Å². The Labute approximate surface area is 306 Å². The summed E-state index contributed by atoms with van der Waals surface area (Å²) in [6.45, 7) is 0. The van der Waals surface area contributed by atoms with E-state index < -0.39 is 14.2 Å². The molecule has 3 heteroatoms. The topological polar surface area (TPSA) is 12.5 Å². The number of para-hydroxylation sites is 3. The van der Waals surface area contributed by atoms with Crippen LogP contribution in [0.3, 0.4) is 0 Å². The predicted octanol–water partition coefficient (Wildman–Crippen LogP) is 10.1. The number of fused-ring (bicyclic) bond motifs is 8. The molecule has 0 bridgehead atoms. The first kappa shape index (κ1) is 30.4. The van der Waals surface area contributed by atoms with Crippen LogP contribution in [0.2, 0.25) is 0 Å². The lowest BCUT2D eigenvalue weighted by atomic mass is 9.63. The summed E-state index contributed by atoms with van der Waals surface area (Å²) in [5, 5.41) is 4.20. The second-order valence-electron chi connectivity index (χ2n) is 13.4. The van der Waals surface area contributed by atoms with Crippen molar-refractivity contribution in [2.75, 3.05) is 4.90 Å². The van der Waals surface area contributed by atoms with Gasteiger partial charge in [0.2, 0.25) is 0 Å². The van der Waals surface area contributed by atoms with Crippen LogP contribution in [0.4, 0.5) is 17.1 Å². The van der Waals surface area contributed by atoms with Gasteiger partial charge in [-0.25, -0.2) is 0 Å². The molecule has 0 saturated heterocycles. The fourth-order valence-corrected chi connectivity index (χ4v) is 11.5. The highest BCUT2D eigenvalue weighted by molar-refractivity contribution is 6.96. The van der Waals surface area contributed by atoms with E-state index in [1.165, 1.54) is 48.9 Å². The summed E-state index contributed by atoms with van der Waals surface area (Å²) >= 11 is 0. The quantitative estimate of drug-likeness (QED) is 0.168. The van der Waals surface area contributed by atoms with E-state index in [4.69, 9.17) is 4.74 Å². The predicted molar refractivity (Wildman–Crippen MR) is 216 cm³/mol. The van der Waals surface area contributed by atoms with E-state index in [0.29, 0.717) is 0 Å². The third-order valence-corrected chi connectivity index (χ3v) is 13.5. The van der Waals surface area contributed by atoms with Gasteiger partial charge in [0.15, 0.2) is 8.80 Å². The van der Waals surface area contributed by atoms with Crippen LogP contribution in [0.1, 0.15) is 22.3 Å². The lowest BCUT2D eigenvalue weighted by Crippen LogP contribution is -2.62. The number of nitrogens with zero attached hydrogens (tertiary/aromatic N) is 1. The van der Waals surface area contributed by atoms with Crippen molar-refractivity contribution in [2.45, 2.75) is 5.41 Å². The second kappa shape index (κ2) is 12.4. The minimum Gasteiger partial charge on any atom is -0.457 e. The van der Waals surface area contributed by atoms with Gasteiger partial charge in [-0.3, -0.25) is 0 Å². The number of hydrogen-bond acceptors (Lipinski definition) is 2. The summed E-state index contributed by atoms with van der Waals surface area (Å²) in [6, 6.07) is 75.1. The molecule has 8 aromatic carbocycles. The molecule has 0 aromatic heterocycles. The molecule has 1 spiro atoms. The summed E-state index contributed by atoms with van der Waals surface area (Å²) in [5.41, 5.74) is 10.2. The number of benzene rings is 8. The molecule has 8 aromatic rings. The van der Waals surface area contributed by atoms with Gasteiger partial charge in [-0.05, 0) is 81.2 Å². The molecule has 0 N–H and O–H groups in total. The Morgan fingerprint density at radius 3 is 1.52 bits per heavy atom. The second-order valence-corrected chi connectivity index (χ2v) is 15.8. The van der Waals surface area contributed by atoms with Crippen molar-refractivity contribution in [3.05, 3.63) is 229 Å². The Hall–Kier alpha value is -6.42. The molecule has 0 amide bonds. The average molecular weight is 681 g/mol. The van der Waals surface area contributed by atoms with Crippen LogP contribution in [0.5, 0.6) is 11.5 Å². The minimum atomic E-state index is -1.38. The van der Waals surface area contributed by atoms with E-state index in [0.717, 1.165) is 28.6 Å². The smallest absolute Gasteiger partial charge is 0.155 e. The third-order valence-electron chi connectivity index (χ3n) is 10.6. The summed E-state index contributed by atoms with van der Waals surface area (Å²) < 4.78 is 6.71. The Morgan fingerprint density at radius 2 is 0.846 bits per heavy atom. The van der Waals surface area contributed by atoms with Gasteiger partial charge >= 0.3 is 0 Å². The van der Waals surface area contributed by atoms with Crippen molar-refractivity contribution in [2.24, 2.45) is 0 Å². The number of hydrogen-bond donors (Lipinski definition) is 0. The molecular weight excluding hydrogens is 647 g/mol. The fourth-order valence-electron chi connectivity index (χ4n) is 8.47. The summed E-state index contributed by atoms with van der Waals surface area (Å²) in [7, 11) is -1.38. The molecule has 0 aliphatic carbocycles. The Morgan fingerprint density at radius 1 is 0.365 bits per heavy atom. The van der Waals surface area contributed by atoms with E-state index in [1.54, 1.807) is 0 Å². The van der Waals surface area contributed by atoms with Crippen molar-refractivity contribution < 1.29 is 4.74 Å². The van der Waals surface area contributed by atoms with Crippen LogP contribution in [-0.4, -0.2) is 8.80 Å². The monoisotopic (exact) mass is 680 g/mol. The van der Waals surface area contributed by atoms with Crippen molar-refractivity contribution >= 4 is 41.4 Å². The van der Waals surface area contributed by atoms with Gasteiger partial charge in [0.1, 0.15) is 11.5 Å².